The topological polar surface area (TPSA) is 498 Å². The first kappa shape index (κ1) is 74.5. The quantitative estimate of drug-likeness (QED) is 0.0255. The maximum absolute atomic E-state index is 13.7. The average molecular weight is 1260 g/mol. The van der Waals surface area contributed by atoms with Crippen LogP contribution in [0, 0.1) is 5.92 Å². The van der Waals surface area contributed by atoms with Crippen LogP contribution in [0.5, 0.6) is 0 Å². The van der Waals surface area contributed by atoms with E-state index in [0.717, 1.165) is 19.3 Å². The Morgan fingerprint density at radius 2 is 0.782 bits per heavy atom. The molecule has 17 atom stereocenters. The van der Waals surface area contributed by atoms with E-state index in [4.69, 9.17) is 42.6 Å². The van der Waals surface area contributed by atoms with Gasteiger partial charge in [-0.1, -0.05) is 19.3 Å². The fourth-order valence-electron chi connectivity index (χ4n) is 9.91. The highest BCUT2D eigenvalue weighted by Crippen LogP contribution is 2.26. The monoisotopic (exact) mass is 1260 g/mol. The molecule has 87 heavy (non-hydrogen) atoms. The van der Waals surface area contributed by atoms with Crippen molar-refractivity contribution in [1.82, 2.24) is 42.5 Å². The van der Waals surface area contributed by atoms with Gasteiger partial charge in [-0.25, -0.2) is 0 Å². The summed E-state index contributed by atoms with van der Waals surface area (Å²) in [6.07, 6.45) is -13.6. The molecule has 3 saturated heterocycles. The third-order valence-electron chi connectivity index (χ3n) is 14.5. The lowest BCUT2D eigenvalue weighted by atomic mass is 9.88. The lowest BCUT2D eigenvalue weighted by Crippen LogP contribution is -2.64. The van der Waals surface area contributed by atoms with Gasteiger partial charge in [0.1, 0.15) is 85.1 Å². The van der Waals surface area contributed by atoms with Crippen LogP contribution < -0.4 is 42.5 Å². The van der Waals surface area contributed by atoms with Gasteiger partial charge in [0.2, 0.25) is 47.3 Å². The SMILES string of the molecule is CC(=O)NC1C(OCCOCCNC(=O)CCC(NC(=O)CCC(NC(=O)C2CCCCC2)C(=O)NCCOCCOC2OC(CO)C(O)C(O)C2NC(C)=O)C(=O)NCCOCCOC2OC(CO)C(O)C(O)C2NC(C)=O)OC(CO)C(O)C1O. The first-order valence-corrected chi connectivity index (χ1v) is 29.3. The van der Waals surface area contributed by atoms with Crippen molar-refractivity contribution in [3.8, 4) is 0 Å². The van der Waals surface area contributed by atoms with E-state index in [1.54, 1.807) is 0 Å². The second-order valence-electron chi connectivity index (χ2n) is 21.3. The molecule has 3 aliphatic heterocycles. The Hall–Kier alpha value is -4.96. The molecule has 0 aromatic rings. The number of hydrogen-bond acceptors (Lipinski definition) is 26. The number of amides is 8. The summed E-state index contributed by atoms with van der Waals surface area (Å²) in [5, 5.41) is 112. The molecule has 17 unspecified atom stereocenters. The Balaban J connectivity index is 1.30. The Morgan fingerprint density at radius 1 is 0.437 bits per heavy atom. The van der Waals surface area contributed by atoms with Crippen LogP contribution in [-0.4, -0.2) is 296 Å². The molecule has 4 rings (SSSR count). The molecule has 0 radical (unpaired) electrons. The Kier molecular flexibility index (Phi) is 34.2. The maximum atomic E-state index is 13.7. The van der Waals surface area contributed by atoms with Crippen LogP contribution in [0.15, 0.2) is 0 Å². The van der Waals surface area contributed by atoms with Crippen molar-refractivity contribution in [2.75, 3.05) is 98.9 Å². The Bertz CT molecular complexity index is 2120. The molecular formula is C53H92N8O26. The summed E-state index contributed by atoms with van der Waals surface area (Å²) in [6, 6.07) is -6.00. The zero-order chi connectivity index (χ0) is 64.0. The minimum absolute atomic E-state index is 0.00104. The fourth-order valence-corrected chi connectivity index (χ4v) is 9.91. The number of rotatable bonds is 38. The molecule has 3 heterocycles. The molecule has 34 heteroatoms. The van der Waals surface area contributed by atoms with Gasteiger partial charge in [-0.2, -0.15) is 0 Å². The van der Waals surface area contributed by atoms with E-state index in [1.807, 2.05) is 0 Å². The molecular weight excluding hydrogens is 1160 g/mol. The standard InChI is InChI=1S/C53H92N8O26/c1-28(65)57-39-45(73)42(70)34(25-62)85-51(39)82-22-19-79-16-13-54-37(68)11-9-32(49(77)55-14-17-80-20-23-83-52-40(58-29(2)66)46(74)43(71)35(26-63)86-52)60-38(69)12-10-33(61-48(76)31-7-5-4-6-8-31)50(78)56-15-18-81-21-24-84-53-41(59-30(3)67)47(75)44(72)36(27-64)87-53/h31-36,39-47,51-53,62-64,70-75H,4-27H2,1-3H3,(H,54,68)(H,55,77)(H,56,78)(H,57,65)(H,58,66)(H,59,67)(H,60,69)(H,61,76). The van der Waals surface area contributed by atoms with E-state index in [1.165, 1.54) is 20.8 Å². The predicted molar refractivity (Wildman–Crippen MR) is 294 cm³/mol. The minimum Gasteiger partial charge on any atom is -0.394 e. The molecule has 34 nitrogen and oxygen atoms in total. The van der Waals surface area contributed by atoms with E-state index < -0.39 is 165 Å². The van der Waals surface area contributed by atoms with Gasteiger partial charge < -0.3 is 131 Å². The number of ether oxygens (including phenoxy) is 9. The maximum Gasteiger partial charge on any atom is 0.242 e. The van der Waals surface area contributed by atoms with Gasteiger partial charge in [-0.05, 0) is 25.7 Å². The number of aliphatic hydroxyl groups excluding tert-OH is 9. The normalized spacial score (nSPS) is 29.1. The first-order valence-electron chi connectivity index (χ1n) is 29.3. The van der Waals surface area contributed by atoms with Crippen LogP contribution in [0.4, 0.5) is 0 Å². The molecule has 4 fully saturated rings. The number of hydrogen-bond donors (Lipinski definition) is 17. The van der Waals surface area contributed by atoms with E-state index in [-0.39, 0.29) is 117 Å². The summed E-state index contributed by atoms with van der Waals surface area (Å²) in [7, 11) is 0. The van der Waals surface area contributed by atoms with E-state index in [2.05, 4.69) is 42.5 Å². The number of aliphatic hydroxyl groups is 9. The zero-order valence-corrected chi connectivity index (χ0v) is 49.3. The van der Waals surface area contributed by atoms with Gasteiger partial charge in [0.15, 0.2) is 18.9 Å². The molecule has 17 N–H and O–H groups in total. The zero-order valence-electron chi connectivity index (χ0n) is 49.3. The summed E-state index contributed by atoms with van der Waals surface area (Å²) >= 11 is 0. The van der Waals surface area contributed by atoms with Crippen molar-refractivity contribution >= 4 is 47.3 Å². The third kappa shape index (κ3) is 25.5. The molecule has 1 aliphatic carbocycles. The van der Waals surface area contributed by atoms with Crippen LogP contribution >= 0.6 is 0 Å². The summed E-state index contributed by atoms with van der Waals surface area (Å²) in [5.41, 5.74) is 0. The van der Waals surface area contributed by atoms with Crippen LogP contribution in [0.3, 0.4) is 0 Å². The smallest absolute Gasteiger partial charge is 0.242 e. The second-order valence-corrected chi connectivity index (χ2v) is 21.3. The molecule has 4 aliphatic rings. The molecule has 0 spiro atoms. The van der Waals surface area contributed by atoms with Crippen molar-refractivity contribution in [3.05, 3.63) is 0 Å². The summed E-state index contributed by atoms with van der Waals surface area (Å²) in [4.78, 5) is 103. The van der Waals surface area contributed by atoms with E-state index >= 15 is 0 Å². The summed E-state index contributed by atoms with van der Waals surface area (Å²) < 4.78 is 50.2. The number of nitrogens with one attached hydrogen (secondary N) is 8. The van der Waals surface area contributed by atoms with Gasteiger partial charge in [-0.15, -0.1) is 0 Å². The molecule has 0 aromatic carbocycles. The van der Waals surface area contributed by atoms with Crippen LogP contribution in [-0.2, 0) is 81.0 Å². The van der Waals surface area contributed by atoms with E-state index in [9.17, 15) is 84.3 Å². The predicted octanol–water partition coefficient (Wildman–Crippen LogP) is -8.62. The molecule has 0 aromatic heterocycles. The van der Waals surface area contributed by atoms with Crippen molar-refractivity contribution in [3.63, 3.8) is 0 Å². The highest BCUT2D eigenvalue weighted by Gasteiger charge is 2.48. The first-order chi connectivity index (χ1) is 41.6. The number of carbonyl (C=O) groups is 8. The van der Waals surface area contributed by atoms with Gasteiger partial charge in [-0.3, -0.25) is 38.4 Å². The molecule has 1 saturated carbocycles. The van der Waals surface area contributed by atoms with Gasteiger partial charge >= 0.3 is 0 Å². The Labute approximate surface area is 503 Å². The van der Waals surface area contributed by atoms with Crippen molar-refractivity contribution in [2.45, 2.75) is 183 Å². The van der Waals surface area contributed by atoms with Gasteiger partial charge in [0.05, 0.1) is 79.3 Å². The number of carbonyl (C=O) groups excluding carboxylic acids is 8. The van der Waals surface area contributed by atoms with Crippen LogP contribution in [0.25, 0.3) is 0 Å². The lowest BCUT2D eigenvalue weighted by molar-refractivity contribution is -0.272. The Morgan fingerprint density at radius 3 is 1.14 bits per heavy atom. The van der Waals surface area contributed by atoms with Gasteiger partial charge in [0.25, 0.3) is 0 Å². The highest BCUT2D eigenvalue weighted by atomic mass is 16.7. The average Bonchev–Trinajstić information content (AvgIpc) is 3.62. The summed E-state index contributed by atoms with van der Waals surface area (Å²) in [6.45, 7) is 0.776. The minimum atomic E-state index is -1.53. The van der Waals surface area contributed by atoms with Gasteiger partial charge in [0, 0.05) is 59.2 Å². The van der Waals surface area contributed by atoms with Crippen LogP contribution in [0.1, 0.15) is 78.6 Å². The fraction of sp³-hybridized carbons (Fsp3) is 0.849. The molecule has 500 valence electrons. The van der Waals surface area contributed by atoms with Crippen molar-refractivity contribution in [1.29, 1.82) is 0 Å². The third-order valence-corrected chi connectivity index (χ3v) is 14.5. The van der Waals surface area contributed by atoms with Crippen molar-refractivity contribution < 1.29 is 127 Å². The lowest BCUT2D eigenvalue weighted by Gasteiger charge is -2.42. The summed E-state index contributed by atoms with van der Waals surface area (Å²) in [5.74, 6) is -4.89. The highest BCUT2D eigenvalue weighted by molar-refractivity contribution is 5.90. The molecule has 8 amide bonds. The second kappa shape index (κ2) is 39.9. The van der Waals surface area contributed by atoms with E-state index in [0.29, 0.717) is 12.8 Å². The molecule has 0 bridgehead atoms. The largest absolute Gasteiger partial charge is 0.394 e. The van der Waals surface area contributed by atoms with Crippen molar-refractivity contribution in [2.24, 2.45) is 5.92 Å². The van der Waals surface area contributed by atoms with Crippen LogP contribution in [0.2, 0.25) is 0 Å².